The highest BCUT2D eigenvalue weighted by molar-refractivity contribution is 7.88. The van der Waals surface area contributed by atoms with Crippen LogP contribution in [0.2, 0.25) is 5.02 Å². The fourth-order valence-electron chi connectivity index (χ4n) is 3.43. The summed E-state index contributed by atoms with van der Waals surface area (Å²) >= 11 is 6.12. The van der Waals surface area contributed by atoms with Crippen LogP contribution in [-0.2, 0) is 20.6 Å². The van der Waals surface area contributed by atoms with Gasteiger partial charge in [-0.1, -0.05) is 41.9 Å². The summed E-state index contributed by atoms with van der Waals surface area (Å²) in [7, 11) is -3.54. The number of carbonyl (C=O) groups excluding carboxylic acids is 1. The standard InChI is InChI=1S/C21H25ClN2O3S/c1-15-7-5-11-20(16(15)2)23-21(25)17-9-6-12-24(13-17)28(26,27)14-18-8-3-4-10-19(18)22/h3-5,7-8,10-11,17H,6,9,12-14H2,1-2H3,(H,23,25)/t17-/m0/s1. The van der Waals surface area contributed by atoms with Crippen molar-refractivity contribution in [2.24, 2.45) is 5.92 Å². The van der Waals surface area contributed by atoms with Crippen molar-refractivity contribution in [1.29, 1.82) is 0 Å². The molecule has 1 fully saturated rings. The quantitative estimate of drug-likeness (QED) is 0.790. The smallest absolute Gasteiger partial charge is 0.228 e. The molecule has 1 N–H and O–H groups in total. The van der Waals surface area contributed by atoms with Crippen molar-refractivity contribution in [3.63, 3.8) is 0 Å². The zero-order valence-electron chi connectivity index (χ0n) is 16.1. The van der Waals surface area contributed by atoms with Crippen molar-refractivity contribution >= 4 is 33.2 Å². The van der Waals surface area contributed by atoms with E-state index in [2.05, 4.69) is 5.32 Å². The Morgan fingerprint density at radius 2 is 1.93 bits per heavy atom. The minimum atomic E-state index is -3.54. The van der Waals surface area contributed by atoms with E-state index in [1.807, 2.05) is 32.0 Å². The second kappa shape index (κ2) is 8.64. The van der Waals surface area contributed by atoms with E-state index in [0.29, 0.717) is 30.0 Å². The van der Waals surface area contributed by atoms with Crippen LogP contribution in [0.5, 0.6) is 0 Å². The van der Waals surface area contributed by atoms with Crippen LogP contribution in [0.25, 0.3) is 0 Å². The molecule has 150 valence electrons. The summed E-state index contributed by atoms with van der Waals surface area (Å²) in [5.74, 6) is -0.654. The molecule has 1 saturated heterocycles. The lowest BCUT2D eigenvalue weighted by atomic mass is 9.98. The molecular weight excluding hydrogens is 396 g/mol. The molecule has 28 heavy (non-hydrogen) atoms. The Bertz CT molecular complexity index is 975. The monoisotopic (exact) mass is 420 g/mol. The normalized spacial score (nSPS) is 18.0. The molecule has 2 aromatic rings. The van der Waals surface area contributed by atoms with E-state index in [1.54, 1.807) is 24.3 Å². The minimum absolute atomic E-state index is 0.133. The Morgan fingerprint density at radius 3 is 2.68 bits per heavy atom. The molecule has 3 rings (SSSR count). The van der Waals surface area contributed by atoms with Gasteiger partial charge in [-0.05, 0) is 55.5 Å². The average molecular weight is 421 g/mol. The van der Waals surface area contributed by atoms with Crippen LogP contribution < -0.4 is 5.32 Å². The molecule has 0 spiro atoms. The molecule has 0 unspecified atom stereocenters. The maximum atomic E-state index is 12.9. The SMILES string of the molecule is Cc1cccc(NC(=O)[C@H]2CCCN(S(=O)(=O)Cc3ccccc3Cl)C2)c1C. The Hall–Kier alpha value is -1.89. The van der Waals surface area contributed by atoms with E-state index in [1.165, 1.54) is 4.31 Å². The van der Waals surface area contributed by atoms with Crippen molar-refractivity contribution in [3.8, 4) is 0 Å². The van der Waals surface area contributed by atoms with Crippen LogP contribution in [0.1, 0.15) is 29.5 Å². The summed E-state index contributed by atoms with van der Waals surface area (Å²) in [4.78, 5) is 12.8. The summed E-state index contributed by atoms with van der Waals surface area (Å²) in [6, 6.07) is 12.7. The highest BCUT2D eigenvalue weighted by Gasteiger charge is 2.32. The average Bonchev–Trinajstić information content (AvgIpc) is 2.67. The predicted octanol–water partition coefficient (Wildman–Crippen LogP) is 4.14. The first-order valence-electron chi connectivity index (χ1n) is 9.36. The topological polar surface area (TPSA) is 66.5 Å². The minimum Gasteiger partial charge on any atom is -0.326 e. The van der Waals surface area contributed by atoms with Gasteiger partial charge in [-0.3, -0.25) is 4.79 Å². The highest BCUT2D eigenvalue weighted by atomic mass is 35.5. The second-order valence-corrected chi connectivity index (χ2v) is 9.66. The van der Waals surface area contributed by atoms with Crippen molar-refractivity contribution in [2.75, 3.05) is 18.4 Å². The van der Waals surface area contributed by atoms with Crippen LogP contribution in [0.4, 0.5) is 5.69 Å². The number of sulfonamides is 1. The van der Waals surface area contributed by atoms with E-state index >= 15 is 0 Å². The summed E-state index contributed by atoms with van der Waals surface area (Å²) in [5.41, 5.74) is 3.48. The van der Waals surface area contributed by atoms with Crippen LogP contribution >= 0.6 is 11.6 Å². The van der Waals surface area contributed by atoms with Crippen LogP contribution in [-0.4, -0.2) is 31.7 Å². The molecule has 0 aliphatic carbocycles. The van der Waals surface area contributed by atoms with Crippen molar-refractivity contribution in [2.45, 2.75) is 32.4 Å². The third-order valence-corrected chi connectivity index (χ3v) is 7.47. The van der Waals surface area contributed by atoms with E-state index in [9.17, 15) is 13.2 Å². The zero-order chi connectivity index (χ0) is 20.3. The molecule has 0 aromatic heterocycles. The lowest BCUT2D eigenvalue weighted by Gasteiger charge is -2.31. The van der Waals surface area contributed by atoms with Gasteiger partial charge in [0.2, 0.25) is 15.9 Å². The maximum Gasteiger partial charge on any atom is 0.228 e. The van der Waals surface area contributed by atoms with Gasteiger partial charge in [0.1, 0.15) is 0 Å². The van der Waals surface area contributed by atoms with Gasteiger partial charge >= 0.3 is 0 Å². The number of nitrogens with zero attached hydrogens (tertiary/aromatic N) is 1. The van der Waals surface area contributed by atoms with Gasteiger partial charge in [-0.15, -0.1) is 0 Å². The van der Waals surface area contributed by atoms with Crippen molar-refractivity contribution in [3.05, 3.63) is 64.2 Å². The van der Waals surface area contributed by atoms with Crippen LogP contribution in [0.15, 0.2) is 42.5 Å². The number of hydrogen-bond donors (Lipinski definition) is 1. The van der Waals surface area contributed by atoms with Gasteiger partial charge in [-0.2, -0.15) is 0 Å². The third kappa shape index (κ3) is 4.74. The van der Waals surface area contributed by atoms with E-state index in [4.69, 9.17) is 11.6 Å². The van der Waals surface area contributed by atoms with Gasteiger partial charge in [0.15, 0.2) is 0 Å². The number of carbonyl (C=O) groups is 1. The van der Waals surface area contributed by atoms with E-state index in [-0.39, 0.29) is 24.1 Å². The van der Waals surface area contributed by atoms with Gasteiger partial charge < -0.3 is 5.32 Å². The Balaban J connectivity index is 1.70. The molecule has 0 saturated carbocycles. The fourth-order valence-corrected chi connectivity index (χ4v) is 5.36. The largest absolute Gasteiger partial charge is 0.326 e. The number of nitrogens with one attached hydrogen (secondary N) is 1. The first-order chi connectivity index (χ1) is 13.3. The number of aryl methyl sites for hydroxylation is 1. The summed E-state index contributed by atoms with van der Waals surface area (Å²) in [6.45, 7) is 4.59. The number of halogens is 1. The molecule has 1 atom stereocenters. The zero-order valence-corrected chi connectivity index (χ0v) is 17.7. The number of piperidine rings is 1. The van der Waals surface area contributed by atoms with Gasteiger partial charge in [0.25, 0.3) is 0 Å². The number of anilines is 1. The molecule has 0 bridgehead atoms. The molecular formula is C21H25ClN2O3S. The predicted molar refractivity (Wildman–Crippen MR) is 113 cm³/mol. The Labute approximate surface area is 171 Å². The first-order valence-corrected chi connectivity index (χ1v) is 11.3. The molecule has 1 aliphatic heterocycles. The summed E-state index contributed by atoms with van der Waals surface area (Å²) in [6.07, 6.45) is 1.33. The highest BCUT2D eigenvalue weighted by Crippen LogP contribution is 2.26. The van der Waals surface area contributed by atoms with E-state index in [0.717, 1.165) is 16.8 Å². The number of amides is 1. The maximum absolute atomic E-state index is 12.9. The van der Waals surface area contributed by atoms with Gasteiger partial charge in [0, 0.05) is 23.8 Å². The molecule has 1 heterocycles. The molecule has 1 aliphatic rings. The van der Waals surface area contributed by atoms with Crippen molar-refractivity contribution < 1.29 is 13.2 Å². The Kier molecular flexibility index (Phi) is 6.43. The number of rotatable bonds is 5. The van der Waals surface area contributed by atoms with E-state index < -0.39 is 10.0 Å². The molecule has 5 nitrogen and oxygen atoms in total. The second-order valence-electron chi connectivity index (χ2n) is 7.28. The molecule has 7 heteroatoms. The molecule has 0 radical (unpaired) electrons. The third-order valence-electron chi connectivity index (χ3n) is 5.31. The first kappa shape index (κ1) is 20.8. The van der Waals surface area contributed by atoms with Gasteiger partial charge in [0.05, 0.1) is 11.7 Å². The number of benzene rings is 2. The van der Waals surface area contributed by atoms with Crippen LogP contribution in [0.3, 0.4) is 0 Å². The number of hydrogen-bond acceptors (Lipinski definition) is 3. The summed E-state index contributed by atoms with van der Waals surface area (Å²) < 4.78 is 27.2. The fraction of sp³-hybridized carbons (Fsp3) is 0.381. The lowest BCUT2D eigenvalue weighted by Crippen LogP contribution is -2.44. The molecule has 1 amide bonds. The Morgan fingerprint density at radius 1 is 1.18 bits per heavy atom. The lowest BCUT2D eigenvalue weighted by molar-refractivity contribution is -0.120. The molecule has 2 aromatic carbocycles. The van der Waals surface area contributed by atoms with Gasteiger partial charge in [-0.25, -0.2) is 12.7 Å². The van der Waals surface area contributed by atoms with Crippen molar-refractivity contribution in [1.82, 2.24) is 4.31 Å². The summed E-state index contributed by atoms with van der Waals surface area (Å²) in [5, 5.41) is 3.41. The van der Waals surface area contributed by atoms with Crippen LogP contribution in [0, 0.1) is 19.8 Å².